The Morgan fingerprint density at radius 1 is 1.08 bits per heavy atom. The molecule has 3 rings (SSSR count). The Morgan fingerprint density at radius 2 is 1.83 bits per heavy atom. The lowest BCUT2D eigenvalue weighted by atomic mass is 10.0. The molecule has 0 aliphatic rings. The number of furan rings is 1. The zero-order valence-electron chi connectivity index (χ0n) is 12.5. The van der Waals surface area contributed by atoms with E-state index in [1.54, 1.807) is 18.3 Å². The number of carbonyl (C=O) groups excluding carboxylic acids is 1. The second-order valence-electron chi connectivity index (χ2n) is 4.97. The van der Waals surface area contributed by atoms with Crippen molar-refractivity contribution in [2.45, 2.75) is 6.04 Å². The maximum atomic E-state index is 12.4. The lowest BCUT2D eigenvalue weighted by Gasteiger charge is -2.18. The van der Waals surface area contributed by atoms with Crippen LogP contribution in [0.1, 0.15) is 27.9 Å². The first-order chi connectivity index (χ1) is 11.6. The van der Waals surface area contributed by atoms with Gasteiger partial charge < -0.3 is 9.73 Å². The van der Waals surface area contributed by atoms with Gasteiger partial charge in [-0.05, 0) is 23.8 Å². The van der Waals surface area contributed by atoms with Crippen molar-refractivity contribution in [1.82, 2.24) is 10.3 Å². The fraction of sp³-hybridized carbons (Fsp3) is 0.0588. The van der Waals surface area contributed by atoms with Crippen LogP contribution in [0, 0.1) is 10.1 Å². The summed E-state index contributed by atoms with van der Waals surface area (Å²) in [7, 11) is 0. The summed E-state index contributed by atoms with van der Waals surface area (Å²) in [5, 5.41) is 13.5. The molecule has 0 fully saturated rings. The lowest BCUT2D eigenvalue weighted by molar-refractivity contribution is -0.402. The molecule has 24 heavy (non-hydrogen) atoms. The SMILES string of the molecule is O=C(N[C@@H](c1ccccc1)c1ccccn1)c1ccc([N+](=O)[O-])o1. The minimum atomic E-state index is -0.690. The predicted molar refractivity (Wildman–Crippen MR) is 85.4 cm³/mol. The number of hydrogen-bond acceptors (Lipinski definition) is 5. The van der Waals surface area contributed by atoms with Crippen molar-refractivity contribution in [3.8, 4) is 0 Å². The van der Waals surface area contributed by atoms with Crippen LogP contribution in [-0.2, 0) is 0 Å². The average Bonchev–Trinajstić information content (AvgIpc) is 3.11. The molecule has 0 saturated heterocycles. The first-order valence-corrected chi connectivity index (χ1v) is 7.16. The van der Waals surface area contributed by atoms with Gasteiger partial charge in [-0.25, -0.2) is 0 Å². The summed E-state index contributed by atoms with van der Waals surface area (Å²) in [6, 6.07) is 16.6. The van der Waals surface area contributed by atoms with Gasteiger partial charge in [0.15, 0.2) is 5.76 Å². The zero-order valence-corrected chi connectivity index (χ0v) is 12.5. The summed E-state index contributed by atoms with van der Waals surface area (Å²) >= 11 is 0. The van der Waals surface area contributed by atoms with E-state index in [1.165, 1.54) is 6.07 Å². The number of carbonyl (C=O) groups is 1. The van der Waals surface area contributed by atoms with Crippen LogP contribution < -0.4 is 5.32 Å². The standard InChI is InChI=1S/C17H13N3O4/c21-17(14-9-10-15(24-14)20(22)23)19-16(12-6-2-1-3-7-12)13-8-4-5-11-18-13/h1-11,16H,(H,19,21)/t16-/m0/s1. The van der Waals surface area contributed by atoms with Crippen LogP contribution in [0.5, 0.6) is 0 Å². The van der Waals surface area contributed by atoms with Crippen molar-refractivity contribution in [2.24, 2.45) is 0 Å². The molecule has 1 aromatic carbocycles. The fourth-order valence-corrected chi connectivity index (χ4v) is 2.27. The van der Waals surface area contributed by atoms with Gasteiger partial charge >= 0.3 is 5.88 Å². The number of nitrogens with one attached hydrogen (secondary N) is 1. The second-order valence-corrected chi connectivity index (χ2v) is 4.97. The third-order valence-electron chi connectivity index (χ3n) is 3.39. The number of hydrogen-bond donors (Lipinski definition) is 1. The normalized spacial score (nSPS) is 11.7. The monoisotopic (exact) mass is 323 g/mol. The highest BCUT2D eigenvalue weighted by Crippen LogP contribution is 2.22. The quantitative estimate of drug-likeness (QED) is 0.574. The number of benzene rings is 1. The topological polar surface area (TPSA) is 98.3 Å². The van der Waals surface area contributed by atoms with Gasteiger partial charge in [-0.15, -0.1) is 0 Å². The Bertz CT molecular complexity index is 807. The van der Waals surface area contributed by atoms with E-state index in [0.717, 1.165) is 11.6 Å². The smallest absolute Gasteiger partial charge is 0.395 e. The number of amides is 1. The Labute approximate surface area is 137 Å². The van der Waals surface area contributed by atoms with Gasteiger partial charge in [-0.3, -0.25) is 19.9 Å². The van der Waals surface area contributed by atoms with Gasteiger partial charge in [0.1, 0.15) is 4.92 Å². The van der Waals surface area contributed by atoms with Crippen molar-refractivity contribution < 1.29 is 14.1 Å². The third kappa shape index (κ3) is 3.30. The van der Waals surface area contributed by atoms with Crippen LogP contribution in [0.4, 0.5) is 5.88 Å². The number of aromatic nitrogens is 1. The molecule has 3 aromatic rings. The van der Waals surface area contributed by atoms with E-state index in [9.17, 15) is 14.9 Å². The van der Waals surface area contributed by atoms with Gasteiger partial charge in [0.25, 0.3) is 5.91 Å². The van der Waals surface area contributed by atoms with E-state index < -0.39 is 22.8 Å². The van der Waals surface area contributed by atoms with Gasteiger partial charge in [0.2, 0.25) is 0 Å². The van der Waals surface area contributed by atoms with E-state index in [1.807, 2.05) is 36.4 Å². The molecule has 1 amide bonds. The maximum Gasteiger partial charge on any atom is 0.433 e. The van der Waals surface area contributed by atoms with Crippen LogP contribution in [0.3, 0.4) is 0 Å². The van der Waals surface area contributed by atoms with Crippen molar-refractivity contribution in [3.05, 3.63) is 94.0 Å². The van der Waals surface area contributed by atoms with E-state index in [4.69, 9.17) is 4.42 Å². The largest absolute Gasteiger partial charge is 0.433 e. The summed E-state index contributed by atoms with van der Waals surface area (Å²) in [5.41, 5.74) is 1.49. The Morgan fingerprint density at radius 3 is 2.46 bits per heavy atom. The van der Waals surface area contributed by atoms with Crippen molar-refractivity contribution in [2.75, 3.05) is 0 Å². The molecular weight excluding hydrogens is 310 g/mol. The van der Waals surface area contributed by atoms with Crippen LogP contribution in [0.25, 0.3) is 0 Å². The fourth-order valence-electron chi connectivity index (χ4n) is 2.27. The third-order valence-corrected chi connectivity index (χ3v) is 3.39. The van der Waals surface area contributed by atoms with Crippen molar-refractivity contribution >= 4 is 11.8 Å². The molecule has 0 aliphatic carbocycles. The highest BCUT2D eigenvalue weighted by molar-refractivity contribution is 5.92. The van der Waals surface area contributed by atoms with Gasteiger partial charge in [-0.2, -0.15) is 0 Å². The molecule has 0 unspecified atom stereocenters. The van der Waals surface area contributed by atoms with Crippen LogP contribution >= 0.6 is 0 Å². The minimum absolute atomic E-state index is 0.126. The maximum absolute atomic E-state index is 12.4. The second kappa shape index (κ2) is 6.74. The number of nitrogens with zero attached hydrogens (tertiary/aromatic N) is 2. The molecule has 7 nitrogen and oxygen atoms in total. The molecule has 120 valence electrons. The molecule has 7 heteroatoms. The Kier molecular flexibility index (Phi) is 4.33. The summed E-state index contributed by atoms with van der Waals surface area (Å²) in [5.74, 6) is -1.16. The summed E-state index contributed by atoms with van der Waals surface area (Å²) in [6.07, 6.45) is 1.63. The summed E-state index contributed by atoms with van der Waals surface area (Å²) in [6.45, 7) is 0. The van der Waals surface area contributed by atoms with E-state index in [-0.39, 0.29) is 5.76 Å². The first-order valence-electron chi connectivity index (χ1n) is 7.16. The first kappa shape index (κ1) is 15.4. The number of pyridine rings is 1. The Balaban J connectivity index is 1.89. The summed E-state index contributed by atoms with van der Waals surface area (Å²) < 4.78 is 4.95. The van der Waals surface area contributed by atoms with E-state index >= 15 is 0 Å². The molecule has 0 saturated carbocycles. The lowest BCUT2D eigenvalue weighted by Crippen LogP contribution is -2.29. The van der Waals surface area contributed by atoms with Gasteiger partial charge in [0, 0.05) is 6.20 Å². The molecule has 2 heterocycles. The Hall–Kier alpha value is -3.48. The molecule has 1 atom stereocenters. The molecule has 0 bridgehead atoms. The van der Waals surface area contributed by atoms with Crippen molar-refractivity contribution in [1.29, 1.82) is 0 Å². The van der Waals surface area contributed by atoms with Crippen LogP contribution in [0.2, 0.25) is 0 Å². The number of nitro groups is 1. The molecule has 0 spiro atoms. The van der Waals surface area contributed by atoms with E-state index in [0.29, 0.717) is 5.69 Å². The van der Waals surface area contributed by atoms with Gasteiger partial charge in [-0.1, -0.05) is 36.4 Å². The highest BCUT2D eigenvalue weighted by atomic mass is 16.6. The van der Waals surface area contributed by atoms with Crippen LogP contribution in [-0.4, -0.2) is 15.8 Å². The molecule has 2 aromatic heterocycles. The van der Waals surface area contributed by atoms with E-state index in [2.05, 4.69) is 10.3 Å². The average molecular weight is 323 g/mol. The minimum Gasteiger partial charge on any atom is -0.395 e. The highest BCUT2D eigenvalue weighted by Gasteiger charge is 2.22. The molecule has 0 aliphatic heterocycles. The predicted octanol–water partition coefficient (Wildman–Crippen LogP) is 3.10. The van der Waals surface area contributed by atoms with Gasteiger partial charge in [0.05, 0.1) is 17.8 Å². The molecule has 0 radical (unpaired) electrons. The molecular formula is C17H13N3O4. The summed E-state index contributed by atoms with van der Waals surface area (Å²) in [4.78, 5) is 26.6. The molecule has 1 N–H and O–H groups in total. The van der Waals surface area contributed by atoms with Crippen LogP contribution in [0.15, 0.2) is 71.3 Å². The number of rotatable bonds is 5. The van der Waals surface area contributed by atoms with Crippen molar-refractivity contribution in [3.63, 3.8) is 0 Å². The zero-order chi connectivity index (χ0) is 16.9.